The lowest BCUT2D eigenvalue weighted by Crippen LogP contribution is -2.38. The minimum absolute atomic E-state index is 0.0443. The average molecular weight is 350 g/mol. The molecule has 1 aliphatic carbocycles. The molecular formula is C14H20ClNO3S2. The summed E-state index contributed by atoms with van der Waals surface area (Å²) in [6, 6.07) is 4.51. The lowest BCUT2D eigenvalue weighted by atomic mass is 10.2. The van der Waals surface area contributed by atoms with Crippen LogP contribution in [0.1, 0.15) is 31.7 Å². The van der Waals surface area contributed by atoms with Gasteiger partial charge in [-0.1, -0.05) is 31.0 Å². The van der Waals surface area contributed by atoms with Crippen molar-refractivity contribution in [2.24, 2.45) is 0 Å². The zero-order valence-corrected chi connectivity index (χ0v) is 14.3. The highest BCUT2D eigenvalue weighted by Gasteiger charge is 2.32. The molecule has 2 N–H and O–H groups in total. The molecule has 1 aromatic rings. The summed E-state index contributed by atoms with van der Waals surface area (Å²) in [5.41, 5.74) is 0.533. The molecule has 1 fully saturated rings. The zero-order valence-electron chi connectivity index (χ0n) is 11.9. The van der Waals surface area contributed by atoms with E-state index in [0.717, 1.165) is 25.0 Å². The summed E-state index contributed by atoms with van der Waals surface area (Å²) >= 11 is 7.81. The first-order chi connectivity index (χ1) is 9.97. The van der Waals surface area contributed by atoms with E-state index >= 15 is 0 Å². The van der Waals surface area contributed by atoms with Gasteiger partial charge in [0, 0.05) is 11.3 Å². The smallest absolute Gasteiger partial charge is 0.242 e. The molecule has 4 nitrogen and oxygen atoms in total. The van der Waals surface area contributed by atoms with Gasteiger partial charge in [-0.15, -0.1) is 0 Å². The third kappa shape index (κ3) is 4.13. The van der Waals surface area contributed by atoms with Crippen molar-refractivity contribution >= 4 is 33.4 Å². The van der Waals surface area contributed by atoms with Crippen LogP contribution in [0.25, 0.3) is 0 Å². The first kappa shape index (κ1) is 17.1. The van der Waals surface area contributed by atoms with Crippen LogP contribution in [-0.4, -0.2) is 30.6 Å². The monoisotopic (exact) mass is 349 g/mol. The van der Waals surface area contributed by atoms with Crippen molar-refractivity contribution in [3.05, 3.63) is 28.8 Å². The number of rotatable bonds is 6. The molecule has 2 atom stereocenters. The Labute approximate surface area is 135 Å². The van der Waals surface area contributed by atoms with E-state index < -0.39 is 10.0 Å². The molecule has 0 radical (unpaired) electrons. The summed E-state index contributed by atoms with van der Waals surface area (Å²) in [6.45, 7) is 1.87. The number of aliphatic hydroxyl groups is 1. The predicted molar refractivity (Wildman–Crippen MR) is 87.3 cm³/mol. The van der Waals surface area contributed by atoms with Crippen molar-refractivity contribution in [3.63, 3.8) is 0 Å². The molecule has 7 heteroatoms. The summed E-state index contributed by atoms with van der Waals surface area (Å²) in [4.78, 5) is 0.0443. The number of benzene rings is 1. The fourth-order valence-electron chi connectivity index (χ4n) is 2.59. The van der Waals surface area contributed by atoms with Crippen LogP contribution in [-0.2, 0) is 16.6 Å². The van der Waals surface area contributed by atoms with Crippen LogP contribution >= 0.6 is 23.4 Å². The number of halogens is 1. The second-order valence-corrected chi connectivity index (χ2v) is 8.68. The second kappa shape index (κ2) is 7.33. The van der Waals surface area contributed by atoms with E-state index in [2.05, 4.69) is 11.6 Å². The van der Waals surface area contributed by atoms with Crippen LogP contribution in [0.3, 0.4) is 0 Å². The predicted octanol–water partition coefficient (Wildman–Crippen LogP) is 2.78. The molecule has 1 aromatic carbocycles. The number of nitrogens with one attached hydrogen (secondary N) is 1. The molecule has 21 heavy (non-hydrogen) atoms. The van der Waals surface area contributed by atoms with E-state index in [-0.39, 0.29) is 22.6 Å². The average Bonchev–Trinajstić information content (AvgIpc) is 2.86. The highest BCUT2D eigenvalue weighted by molar-refractivity contribution is 8.00. The van der Waals surface area contributed by atoms with Crippen LogP contribution in [0.4, 0.5) is 0 Å². The number of hydrogen-bond donors (Lipinski definition) is 2. The topological polar surface area (TPSA) is 66.4 Å². The minimum atomic E-state index is -3.66. The zero-order chi connectivity index (χ0) is 15.5. The highest BCUT2D eigenvalue weighted by Crippen LogP contribution is 2.32. The van der Waals surface area contributed by atoms with Gasteiger partial charge in [-0.25, -0.2) is 13.1 Å². The van der Waals surface area contributed by atoms with Crippen molar-refractivity contribution < 1.29 is 13.5 Å². The van der Waals surface area contributed by atoms with Gasteiger partial charge in [0.25, 0.3) is 0 Å². The maximum Gasteiger partial charge on any atom is 0.242 e. The third-order valence-electron chi connectivity index (χ3n) is 3.61. The van der Waals surface area contributed by atoms with Gasteiger partial charge in [0.15, 0.2) is 0 Å². The largest absolute Gasteiger partial charge is 0.392 e. The summed E-state index contributed by atoms with van der Waals surface area (Å²) < 4.78 is 27.9. The molecule has 0 aromatic heterocycles. The van der Waals surface area contributed by atoms with Gasteiger partial charge in [0.2, 0.25) is 10.0 Å². The van der Waals surface area contributed by atoms with Crippen molar-refractivity contribution in [2.45, 2.75) is 49.0 Å². The van der Waals surface area contributed by atoms with E-state index in [4.69, 9.17) is 16.7 Å². The molecule has 1 saturated carbocycles. The van der Waals surface area contributed by atoms with Gasteiger partial charge in [-0.3, -0.25) is 0 Å². The van der Waals surface area contributed by atoms with E-state index in [9.17, 15) is 8.42 Å². The molecular weight excluding hydrogens is 330 g/mol. The Morgan fingerprint density at radius 2 is 2.19 bits per heavy atom. The van der Waals surface area contributed by atoms with Crippen LogP contribution in [0.15, 0.2) is 23.1 Å². The van der Waals surface area contributed by atoms with E-state index in [1.54, 1.807) is 17.8 Å². The van der Waals surface area contributed by atoms with Gasteiger partial charge in [-0.2, -0.15) is 11.8 Å². The van der Waals surface area contributed by atoms with E-state index in [0.29, 0.717) is 10.8 Å². The Bertz CT molecular complexity index is 592. The molecule has 118 valence electrons. The summed E-state index contributed by atoms with van der Waals surface area (Å²) in [5, 5.41) is 9.66. The molecule has 0 aliphatic heterocycles. The van der Waals surface area contributed by atoms with Crippen molar-refractivity contribution in [1.29, 1.82) is 0 Å². The molecule has 2 unspecified atom stereocenters. The van der Waals surface area contributed by atoms with E-state index in [1.807, 2.05) is 0 Å². The van der Waals surface area contributed by atoms with Gasteiger partial charge in [-0.05, 0) is 36.3 Å². The molecule has 0 spiro atoms. The lowest BCUT2D eigenvalue weighted by molar-refractivity contribution is 0.281. The third-order valence-corrected chi connectivity index (χ3v) is 6.90. The normalized spacial score (nSPS) is 22.6. The van der Waals surface area contributed by atoms with Crippen molar-refractivity contribution in [2.75, 3.05) is 5.75 Å². The number of thioether (sulfide) groups is 1. The van der Waals surface area contributed by atoms with Gasteiger partial charge in [0.05, 0.1) is 11.6 Å². The molecule has 2 rings (SSSR count). The first-order valence-electron chi connectivity index (χ1n) is 7.01. The Morgan fingerprint density at radius 1 is 1.43 bits per heavy atom. The van der Waals surface area contributed by atoms with Gasteiger partial charge in [0.1, 0.15) is 4.90 Å². The number of sulfonamides is 1. The van der Waals surface area contributed by atoms with Crippen molar-refractivity contribution in [3.8, 4) is 0 Å². The molecule has 0 heterocycles. The van der Waals surface area contributed by atoms with E-state index in [1.165, 1.54) is 12.1 Å². The maximum atomic E-state index is 12.5. The van der Waals surface area contributed by atoms with Crippen LogP contribution in [0.5, 0.6) is 0 Å². The maximum absolute atomic E-state index is 12.5. The molecule has 0 bridgehead atoms. The Hall–Kier alpha value is -0.270. The van der Waals surface area contributed by atoms with Crippen molar-refractivity contribution in [1.82, 2.24) is 4.72 Å². The molecule has 1 aliphatic rings. The van der Waals surface area contributed by atoms with Gasteiger partial charge < -0.3 is 5.11 Å². The Kier molecular flexibility index (Phi) is 5.96. The Morgan fingerprint density at radius 3 is 2.86 bits per heavy atom. The number of hydrogen-bond acceptors (Lipinski definition) is 4. The molecule has 0 amide bonds. The SMILES string of the molecule is CCSC1CCCC1NS(=O)(=O)c1cc(CO)ccc1Cl. The quantitative estimate of drug-likeness (QED) is 0.828. The molecule has 0 saturated heterocycles. The van der Waals surface area contributed by atoms with Crippen LogP contribution in [0.2, 0.25) is 5.02 Å². The standard InChI is InChI=1S/C14H20ClNO3S2/c1-2-20-13-5-3-4-12(13)16-21(18,19)14-8-10(9-17)6-7-11(14)15/h6-8,12-13,16-17H,2-5,9H2,1H3. The Balaban J connectivity index is 2.22. The fourth-order valence-corrected chi connectivity index (χ4v) is 5.73. The summed E-state index contributed by atoms with van der Waals surface area (Å²) in [7, 11) is -3.66. The summed E-state index contributed by atoms with van der Waals surface area (Å²) in [6.07, 6.45) is 2.93. The second-order valence-electron chi connectivity index (χ2n) is 5.08. The lowest BCUT2D eigenvalue weighted by Gasteiger charge is -2.20. The first-order valence-corrected chi connectivity index (χ1v) is 9.92. The summed E-state index contributed by atoms with van der Waals surface area (Å²) in [5.74, 6) is 0.976. The fraction of sp³-hybridized carbons (Fsp3) is 0.571. The van der Waals surface area contributed by atoms with Crippen LogP contribution in [0, 0.1) is 0 Å². The minimum Gasteiger partial charge on any atom is -0.392 e. The van der Waals surface area contributed by atoms with Crippen LogP contribution < -0.4 is 4.72 Å². The highest BCUT2D eigenvalue weighted by atomic mass is 35.5. The van der Waals surface area contributed by atoms with Gasteiger partial charge >= 0.3 is 0 Å². The number of aliphatic hydroxyl groups excluding tert-OH is 1.